The highest BCUT2D eigenvalue weighted by atomic mass is 32.2. The molecule has 1 saturated heterocycles. The number of sulfone groups is 1. The molecule has 0 aromatic heterocycles. The van der Waals surface area contributed by atoms with E-state index < -0.39 is 9.84 Å². The number of ether oxygens (including phenoxy) is 1. The Hall–Kier alpha value is -1.70. The summed E-state index contributed by atoms with van der Waals surface area (Å²) in [7, 11) is -1.53. The number of esters is 1. The molecular formula is C43H68N2O4S. The van der Waals surface area contributed by atoms with Gasteiger partial charge >= 0.3 is 5.97 Å². The molecule has 0 spiro atoms. The molecule has 5 aliphatic carbocycles. The van der Waals surface area contributed by atoms with Gasteiger partial charge in [0.25, 0.3) is 0 Å². The molecule has 50 heavy (non-hydrogen) atoms. The lowest BCUT2D eigenvalue weighted by Crippen LogP contribution is -2.68. The minimum absolute atomic E-state index is 0.0733. The van der Waals surface area contributed by atoms with Crippen LogP contribution in [0.4, 0.5) is 0 Å². The fourth-order valence-corrected chi connectivity index (χ4v) is 14.8. The average Bonchev–Trinajstić information content (AvgIpc) is 3.44. The van der Waals surface area contributed by atoms with E-state index in [1.807, 2.05) is 6.08 Å². The summed E-state index contributed by atoms with van der Waals surface area (Å²) in [5.41, 5.74) is 3.92. The van der Waals surface area contributed by atoms with Gasteiger partial charge in [-0.3, -0.25) is 0 Å². The van der Waals surface area contributed by atoms with Crippen LogP contribution in [-0.4, -0.2) is 69.6 Å². The van der Waals surface area contributed by atoms with Crippen LogP contribution < -0.4 is 5.32 Å². The summed E-state index contributed by atoms with van der Waals surface area (Å²) >= 11 is 0. The number of rotatable bonds is 9. The Kier molecular flexibility index (Phi) is 10.4. The van der Waals surface area contributed by atoms with Gasteiger partial charge in [-0.1, -0.05) is 71.1 Å². The highest BCUT2D eigenvalue weighted by Gasteiger charge is 2.70. The molecule has 6 nitrogen and oxygen atoms in total. The average molecular weight is 709 g/mol. The highest BCUT2D eigenvalue weighted by Crippen LogP contribution is 2.76. The lowest BCUT2D eigenvalue weighted by Gasteiger charge is -2.72. The van der Waals surface area contributed by atoms with Gasteiger partial charge in [-0.25, -0.2) is 13.2 Å². The third kappa shape index (κ3) is 6.25. The van der Waals surface area contributed by atoms with Crippen LogP contribution in [0.25, 0.3) is 0 Å². The number of nitrogens with zero attached hydrogens (tertiary/aromatic N) is 1. The molecule has 280 valence electrons. The minimum atomic E-state index is -2.94. The van der Waals surface area contributed by atoms with Crippen LogP contribution in [0.15, 0.2) is 48.1 Å². The van der Waals surface area contributed by atoms with E-state index in [-0.39, 0.29) is 27.6 Å². The summed E-state index contributed by atoms with van der Waals surface area (Å²) in [4.78, 5) is 14.1. The zero-order valence-electron chi connectivity index (χ0n) is 32.7. The molecule has 1 N–H and O–H groups in total. The summed E-state index contributed by atoms with van der Waals surface area (Å²) in [6.45, 7) is 23.7. The van der Waals surface area contributed by atoms with Crippen LogP contribution >= 0.6 is 0 Å². The molecule has 6 aliphatic rings. The van der Waals surface area contributed by atoms with Gasteiger partial charge in [-0.05, 0) is 147 Å². The van der Waals surface area contributed by atoms with E-state index in [2.05, 4.69) is 70.5 Å². The van der Waals surface area contributed by atoms with Crippen LogP contribution in [0.5, 0.6) is 0 Å². The van der Waals surface area contributed by atoms with Gasteiger partial charge in [0.1, 0.15) is 9.84 Å². The van der Waals surface area contributed by atoms with E-state index >= 15 is 0 Å². The third-order valence-electron chi connectivity index (χ3n) is 16.6. The third-order valence-corrected chi connectivity index (χ3v) is 18.3. The Morgan fingerprint density at radius 3 is 2.34 bits per heavy atom. The van der Waals surface area contributed by atoms with Crippen molar-refractivity contribution in [3.8, 4) is 0 Å². The summed E-state index contributed by atoms with van der Waals surface area (Å²) in [5, 5.41) is 4.09. The first kappa shape index (κ1) is 38.0. The Morgan fingerprint density at radius 2 is 1.68 bits per heavy atom. The number of carbonyl (C=O) groups excluding carboxylic acids is 1. The molecule has 0 amide bonds. The summed E-state index contributed by atoms with van der Waals surface area (Å²) in [5.74, 6) is 2.94. The Labute approximate surface area is 304 Å². The first-order valence-electron chi connectivity index (χ1n) is 19.9. The summed E-state index contributed by atoms with van der Waals surface area (Å²) in [6, 6.07) is 0. The Morgan fingerprint density at radius 1 is 0.960 bits per heavy atom. The molecule has 0 aromatic rings. The topological polar surface area (TPSA) is 75.7 Å². The summed E-state index contributed by atoms with van der Waals surface area (Å²) < 4.78 is 29.0. The van der Waals surface area contributed by atoms with Crippen molar-refractivity contribution in [2.45, 2.75) is 123 Å². The quantitative estimate of drug-likeness (QED) is 0.112. The number of allylic oxidation sites excluding steroid dienone is 6. The predicted octanol–water partition coefficient (Wildman–Crippen LogP) is 8.32. The van der Waals surface area contributed by atoms with E-state index in [9.17, 15) is 13.2 Å². The largest absolute Gasteiger partial charge is 0.466 e. The van der Waals surface area contributed by atoms with Crippen molar-refractivity contribution in [2.24, 2.45) is 51.2 Å². The predicted molar refractivity (Wildman–Crippen MR) is 205 cm³/mol. The number of fused-ring (bicyclic) bond motifs is 7. The normalized spacial score (nSPS) is 42.0. The van der Waals surface area contributed by atoms with Gasteiger partial charge in [0.05, 0.1) is 12.4 Å². The first-order valence-corrected chi connectivity index (χ1v) is 21.8. The van der Waals surface area contributed by atoms with Gasteiger partial charge in [-0.15, -0.1) is 0 Å². The molecule has 6 rings (SSSR count). The first-order chi connectivity index (χ1) is 23.4. The lowest BCUT2D eigenvalue weighted by atomic mass is 9.33. The maximum absolute atomic E-state index is 12.1. The van der Waals surface area contributed by atoms with E-state index in [4.69, 9.17) is 4.74 Å². The van der Waals surface area contributed by atoms with Crippen LogP contribution in [-0.2, 0) is 19.4 Å². The molecular weight excluding hydrogens is 641 g/mol. The Bertz CT molecular complexity index is 1520. The van der Waals surface area contributed by atoms with Crippen molar-refractivity contribution in [3.05, 3.63) is 48.1 Å². The van der Waals surface area contributed by atoms with Crippen LogP contribution in [0.1, 0.15) is 112 Å². The molecule has 0 aromatic carbocycles. The second-order valence-corrected chi connectivity index (χ2v) is 21.3. The molecule has 1 heterocycles. The van der Waals surface area contributed by atoms with Gasteiger partial charge in [-0.2, -0.15) is 0 Å². The van der Waals surface area contributed by atoms with E-state index in [1.165, 1.54) is 82.0 Å². The number of nitrogens with one attached hydrogen (secondary N) is 1. The standard InChI is InChI=1S/C43H68N2O4S/c1-30(2)33-17-23-43(44-26-29-45-27-19-32(20-28-45)50(9,47)48)25-24-41(6)34(38(33)43)14-15-36-40(5)21-16-31(12-10-11-13-37(46)49-8)39(3,4)35(40)18-22-42(36,41)7/h10-13,16,32-36,38,44H,1,14-15,17-29H2,2-9H3/t33-,34+,35-,36+,38+,40-,41+,42+,43-/m0/s1. The van der Waals surface area contributed by atoms with E-state index in [0.29, 0.717) is 40.4 Å². The number of hydrogen-bond donors (Lipinski definition) is 1. The number of likely N-dealkylation sites (tertiary alicyclic amines) is 1. The SMILES string of the molecule is C=C(C)[C@@H]1CC[C@]2(NCCN3CCC(S(C)(=O)=O)CC3)CC[C@]3(C)[C@H](CC[C@@H]4[C@@]5(C)CC=C(C=CC=CC(=O)OC)C(C)(C)[C@@H]5CC[C@]43C)[C@@H]12. The maximum atomic E-state index is 12.1. The number of piperidine rings is 1. The zero-order valence-corrected chi connectivity index (χ0v) is 33.5. The number of methoxy groups -OCH3 is 1. The Balaban J connectivity index is 1.21. The smallest absolute Gasteiger partial charge is 0.330 e. The lowest BCUT2D eigenvalue weighted by molar-refractivity contribution is -0.221. The van der Waals surface area contributed by atoms with Crippen molar-refractivity contribution in [1.29, 1.82) is 0 Å². The van der Waals surface area contributed by atoms with Gasteiger partial charge < -0.3 is 15.0 Å². The number of hydrogen-bond acceptors (Lipinski definition) is 6. The van der Waals surface area contributed by atoms with Gasteiger partial charge in [0.15, 0.2) is 0 Å². The van der Waals surface area contributed by atoms with Crippen LogP contribution in [0.3, 0.4) is 0 Å². The number of carbonyl (C=O) groups is 1. The fourth-order valence-electron chi connectivity index (χ4n) is 13.7. The second-order valence-electron chi connectivity index (χ2n) is 19.0. The second kappa shape index (κ2) is 13.6. The monoisotopic (exact) mass is 708 g/mol. The molecule has 5 fully saturated rings. The van der Waals surface area contributed by atoms with Crippen molar-refractivity contribution in [3.63, 3.8) is 0 Å². The van der Waals surface area contributed by atoms with Crippen LogP contribution in [0, 0.1) is 51.2 Å². The molecule has 4 saturated carbocycles. The summed E-state index contributed by atoms with van der Waals surface area (Å²) in [6.07, 6.45) is 24.4. The van der Waals surface area contributed by atoms with Gasteiger partial charge in [0, 0.05) is 31.0 Å². The van der Waals surface area contributed by atoms with Crippen LogP contribution in [0.2, 0.25) is 0 Å². The van der Waals surface area contributed by atoms with E-state index in [0.717, 1.165) is 45.4 Å². The molecule has 0 bridgehead atoms. The molecule has 9 atom stereocenters. The van der Waals surface area contributed by atoms with Crippen molar-refractivity contribution < 1.29 is 17.9 Å². The van der Waals surface area contributed by atoms with Crippen molar-refractivity contribution in [1.82, 2.24) is 10.2 Å². The molecule has 0 unspecified atom stereocenters. The molecule has 1 aliphatic heterocycles. The van der Waals surface area contributed by atoms with Crippen molar-refractivity contribution in [2.75, 3.05) is 39.5 Å². The zero-order chi connectivity index (χ0) is 36.3. The maximum Gasteiger partial charge on any atom is 0.330 e. The minimum Gasteiger partial charge on any atom is -0.466 e. The fraction of sp³-hybridized carbons (Fsp3) is 0.791. The molecule has 0 radical (unpaired) electrons. The molecule has 7 heteroatoms. The van der Waals surface area contributed by atoms with Gasteiger partial charge in [0.2, 0.25) is 0 Å². The van der Waals surface area contributed by atoms with Crippen molar-refractivity contribution >= 4 is 15.8 Å². The highest BCUT2D eigenvalue weighted by molar-refractivity contribution is 7.91. The van der Waals surface area contributed by atoms with E-state index in [1.54, 1.807) is 6.08 Å².